The van der Waals surface area contributed by atoms with Crippen LogP contribution in [0.2, 0.25) is 5.02 Å². The first kappa shape index (κ1) is 12.9. The van der Waals surface area contributed by atoms with Gasteiger partial charge in [-0.3, -0.25) is 10.1 Å². The Labute approximate surface area is 117 Å². The Morgan fingerprint density at radius 1 is 1.42 bits per heavy atom. The molecule has 0 bridgehead atoms. The average molecular weight is 281 g/mol. The summed E-state index contributed by atoms with van der Waals surface area (Å²) in [5.74, 6) is 0.903. The molecule has 0 spiro atoms. The summed E-state index contributed by atoms with van der Waals surface area (Å²) in [6.45, 7) is 1.53. The number of hydrogen-bond donors (Lipinski definition) is 1. The summed E-state index contributed by atoms with van der Waals surface area (Å²) in [6, 6.07) is 4.87. The van der Waals surface area contributed by atoms with Crippen molar-refractivity contribution < 1.29 is 4.92 Å². The molecular weight excluding hydrogens is 264 g/mol. The van der Waals surface area contributed by atoms with Crippen molar-refractivity contribution in [1.82, 2.24) is 5.32 Å². The Morgan fingerprint density at radius 2 is 2.16 bits per heavy atom. The monoisotopic (exact) mass is 280 g/mol. The number of rotatable bonds is 6. The second kappa shape index (κ2) is 4.76. The van der Waals surface area contributed by atoms with Gasteiger partial charge >= 0.3 is 0 Å². The lowest BCUT2D eigenvalue weighted by Crippen LogP contribution is -2.25. The molecule has 0 unspecified atom stereocenters. The number of nitro groups is 1. The Morgan fingerprint density at radius 3 is 2.74 bits per heavy atom. The van der Waals surface area contributed by atoms with Crippen LogP contribution < -0.4 is 5.32 Å². The molecule has 102 valence electrons. The Bertz CT molecular complexity index is 510. The summed E-state index contributed by atoms with van der Waals surface area (Å²) in [5.41, 5.74) is 1.33. The van der Waals surface area contributed by atoms with Gasteiger partial charge in [0.1, 0.15) is 0 Å². The van der Waals surface area contributed by atoms with E-state index in [0.717, 1.165) is 12.5 Å². The molecule has 1 aromatic rings. The minimum Gasteiger partial charge on any atom is -0.312 e. The number of halogens is 1. The van der Waals surface area contributed by atoms with E-state index >= 15 is 0 Å². The van der Waals surface area contributed by atoms with E-state index in [9.17, 15) is 10.1 Å². The van der Waals surface area contributed by atoms with Crippen LogP contribution in [0.5, 0.6) is 0 Å². The molecule has 2 fully saturated rings. The molecule has 0 heterocycles. The summed E-state index contributed by atoms with van der Waals surface area (Å²) in [6.07, 6.45) is 5.35. The second-order valence-electron chi connectivity index (χ2n) is 5.77. The maximum absolute atomic E-state index is 11.0. The van der Waals surface area contributed by atoms with Crippen LogP contribution in [-0.4, -0.2) is 11.5 Å². The Kier molecular flexibility index (Phi) is 3.23. The number of benzene rings is 1. The molecule has 2 saturated carbocycles. The van der Waals surface area contributed by atoms with E-state index in [0.29, 0.717) is 22.5 Å². The lowest BCUT2D eigenvalue weighted by molar-refractivity contribution is -0.385. The summed E-state index contributed by atoms with van der Waals surface area (Å²) in [4.78, 5) is 10.6. The van der Waals surface area contributed by atoms with Crippen molar-refractivity contribution >= 4 is 17.3 Å². The van der Waals surface area contributed by atoms with Gasteiger partial charge in [-0.05, 0) is 49.1 Å². The van der Waals surface area contributed by atoms with E-state index in [-0.39, 0.29) is 10.6 Å². The highest BCUT2D eigenvalue weighted by molar-refractivity contribution is 6.30. The minimum atomic E-state index is -0.364. The molecule has 1 aromatic carbocycles. The molecule has 0 aromatic heterocycles. The molecule has 3 rings (SSSR count). The highest BCUT2D eigenvalue weighted by Gasteiger charge is 2.53. The van der Waals surface area contributed by atoms with Crippen molar-refractivity contribution in [1.29, 1.82) is 0 Å². The van der Waals surface area contributed by atoms with Gasteiger partial charge in [-0.25, -0.2) is 0 Å². The normalized spacial score (nSPS) is 20.3. The topological polar surface area (TPSA) is 55.2 Å². The minimum absolute atomic E-state index is 0.108. The maximum atomic E-state index is 11.0. The molecule has 0 atom stereocenters. The van der Waals surface area contributed by atoms with E-state index in [2.05, 4.69) is 5.32 Å². The summed E-state index contributed by atoms with van der Waals surface area (Å²) in [5, 5.41) is 14.8. The molecule has 1 N–H and O–H groups in total. The molecule has 0 amide bonds. The van der Waals surface area contributed by atoms with E-state index < -0.39 is 0 Å². The van der Waals surface area contributed by atoms with Gasteiger partial charge in [-0.1, -0.05) is 11.6 Å². The predicted octanol–water partition coefficient (Wildman–Crippen LogP) is 3.53. The van der Waals surface area contributed by atoms with Crippen LogP contribution in [0.1, 0.15) is 31.2 Å². The first-order valence-corrected chi connectivity index (χ1v) is 7.12. The van der Waals surface area contributed by atoms with Gasteiger partial charge in [0.15, 0.2) is 0 Å². The van der Waals surface area contributed by atoms with Crippen molar-refractivity contribution in [3.8, 4) is 0 Å². The van der Waals surface area contributed by atoms with Crippen LogP contribution in [0.25, 0.3) is 0 Å². The molecule has 4 nitrogen and oxygen atoms in total. The van der Waals surface area contributed by atoms with Crippen molar-refractivity contribution in [2.45, 2.75) is 32.2 Å². The van der Waals surface area contributed by atoms with Gasteiger partial charge < -0.3 is 5.32 Å². The molecule has 0 saturated heterocycles. The highest BCUT2D eigenvalue weighted by Crippen LogP contribution is 2.60. The zero-order valence-corrected chi connectivity index (χ0v) is 11.4. The fourth-order valence-electron chi connectivity index (χ4n) is 2.89. The molecule has 0 radical (unpaired) electrons. The number of hydrogen-bond acceptors (Lipinski definition) is 3. The van der Waals surface area contributed by atoms with Gasteiger partial charge in [-0.2, -0.15) is 0 Å². The number of nitro benzene ring substituents is 1. The molecule has 19 heavy (non-hydrogen) atoms. The lowest BCUT2D eigenvalue weighted by Gasteiger charge is -2.15. The zero-order chi connectivity index (χ0) is 13.5. The maximum Gasteiger partial charge on any atom is 0.275 e. The third-order valence-electron chi connectivity index (χ3n) is 4.37. The van der Waals surface area contributed by atoms with Crippen molar-refractivity contribution in [3.05, 3.63) is 38.9 Å². The lowest BCUT2D eigenvalue weighted by atomic mass is 10.0. The SMILES string of the molecule is O=[N+]([O-])c1cc(Cl)ccc1CNCC1(C2CC2)CC1. The van der Waals surface area contributed by atoms with Crippen molar-refractivity contribution in [2.75, 3.05) is 6.54 Å². The predicted molar refractivity (Wildman–Crippen MR) is 74.2 cm³/mol. The Balaban J connectivity index is 1.62. The van der Waals surface area contributed by atoms with Crippen LogP contribution in [0.3, 0.4) is 0 Å². The molecular formula is C14H17ClN2O2. The van der Waals surface area contributed by atoms with Gasteiger partial charge in [-0.15, -0.1) is 0 Å². The van der Waals surface area contributed by atoms with Crippen LogP contribution in [0.4, 0.5) is 5.69 Å². The first-order chi connectivity index (χ1) is 9.11. The summed E-state index contributed by atoms with van der Waals surface area (Å²) < 4.78 is 0. The van der Waals surface area contributed by atoms with Crippen LogP contribution in [0, 0.1) is 21.4 Å². The smallest absolute Gasteiger partial charge is 0.275 e. The van der Waals surface area contributed by atoms with Crippen molar-refractivity contribution in [2.24, 2.45) is 11.3 Å². The van der Waals surface area contributed by atoms with Crippen molar-refractivity contribution in [3.63, 3.8) is 0 Å². The molecule has 5 heteroatoms. The van der Waals surface area contributed by atoms with E-state index in [4.69, 9.17) is 11.6 Å². The fraction of sp³-hybridized carbons (Fsp3) is 0.571. The van der Waals surface area contributed by atoms with E-state index in [1.54, 1.807) is 12.1 Å². The highest BCUT2D eigenvalue weighted by atomic mass is 35.5. The summed E-state index contributed by atoms with van der Waals surface area (Å²) in [7, 11) is 0. The quantitative estimate of drug-likeness (QED) is 0.641. The Hall–Kier alpha value is -1.13. The molecule has 2 aliphatic rings. The second-order valence-corrected chi connectivity index (χ2v) is 6.21. The largest absolute Gasteiger partial charge is 0.312 e. The fourth-order valence-corrected chi connectivity index (χ4v) is 3.05. The number of nitrogens with one attached hydrogen (secondary N) is 1. The van der Waals surface area contributed by atoms with Gasteiger partial charge in [0.25, 0.3) is 5.69 Å². The van der Waals surface area contributed by atoms with Gasteiger partial charge in [0.05, 0.1) is 4.92 Å². The standard InChI is InChI=1S/C14H17ClN2O2/c15-12-4-1-10(13(7-12)17(18)19)8-16-9-14(5-6-14)11-2-3-11/h1,4,7,11,16H,2-3,5-6,8-9H2. The van der Waals surface area contributed by atoms with Crippen LogP contribution in [0.15, 0.2) is 18.2 Å². The third kappa shape index (κ3) is 2.74. The number of nitrogens with zero attached hydrogens (tertiary/aromatic N) is 1. The van der Waals surface area contributed by atoms with Gasteiger partial charge in [0.2, 0.25) is 0 Å². The van der Waals surface area contributed by atoms with Gasteiger partial charge in [0, 0.05) is 29.7 Å². The third-order valence-corrected chi connectivity index (χ3v) is 4.61. The molecule has 2 aliphatic carbocycles. The van der Waals surface area contributed by atoms with Crippen LogP contribution >= 0.6 is 11.6 Å². The first-order valence-electron chi connectivity index (χ1n) is 6.74. The van der Waals surface area contributed by atoms with E-state index in [1.165, 1.54) is 31.7 Å². The van der Waals surface area contributed by atoms with Crippen LogP contribution in [-0.2, 0) is 6.54 Å². The average Bonchev–Trinajstić information content (AvgIpc) is 3.24. The van der Waals surface area contributed by atoms with E-state index in [1.807, 2.05) is 0 Å². The zero-order valence-electron chi connectivity index (χ0n) is 10.7. The summed E-state index contributed by atoms with van der Waals surface area (Å²) >= 11 is 5.80. The molecule has 0 aliphatic heterocycles.